The van der Waals surface area contributed by atoms with Crippen molar-refractivity contribution < 1.29 is 4.79 Å². The van der Waals surface area contributed by atoms with Crippen LogP contribution >= 0.6 is 0 Å². The molecular weight excluding hydrogens is 234 g/mol. The van der Waals surface area contributed by atoms with Crippen molar-refractivity contribution in [1.82, 2.24) is 5.32 Å². The summed E-state index contributed by atoms with van der Waals surface area (Å²) in [5, 5.41) is 3.28. The molecule has 0 spiro atoms. The molecule has 2 nitrogen and oxygen atoms in total. The van der Waals surface area contributed by atoms with Gasteiger partial charge in [-0.3, -0.25) is 4.79 Å². The van der Waals surface area contributed by atoms with E-state index in [4.69, 9.17) is 0 Å². The van der Waals surface area contributed by atoms with E-state index >= 15 is 0 Å². The summed E-state index contributed by atoms with van der Waals surface area (Å²) in [6.07, 6.45) is 3.70. The highest BCUT2D eigenvalue weighted by Gasteiger charge is 2.61. The highest BCUT2D eigenvalue weighted by molar-refractivity contribution is 5.94. The molecule has 3 rings (SSSR count). The second kappa shape index (κ2) is 4.09. The largest absolute Gasteiger partial charge is 0.349 e. The van der Waals surface area contributed by atoms with Crippen molar-refractivity contribution in [2.45, 2.75) is 46.1 Å². The Morgan fingerprint density at radius 2 is 1.89 bits per heavy atom. The second-order valence-electron chi connectivity index (χ2n) is 7.00. The van der Waals surface area contributed by atoms with Gasteiger partial charge in [-0.15, -0.1) is 0 Å². The molecule has 2 saturated carbocycles. The molecule has 0 aliphatic heterocycles. The molecule has 0 saturated heterocycles. The molecule has 1 aromatic rings. The van der Waals surface area contributed by atoms with Crippen LogP contribution in [0.1, 0.15) is 50.4 Å². The third-order valence-electron chi connectivity index (χ3n) is 6.14. The lowest BCUT2D eigenvalue weighted by atomic mass is 9.69. The van der Waals surface area contributed by atoms with Gasteiger partial charge in [-0.25, -0.2) is 0 Å². The number of hydrogen-bond acceptors (Lipinski definition) is 1. The predicted octanol–water partition coefficient (Wildman–Crippen LogP) is 3.63. The van der Waals surface area contributed by atoms with Crippen molar-refractivity contribution in [3.63, 3.8) is 0 Å². The standard InChI is InChI=1S/C17H23NO/c1-16(2)13-9-10-17(16,3)14(11-13)18-15(19)12-7-5-4-6-8-12/h4-8,13-14H,9-11H2,1-3H3,(H,18,19)/t13-,14-,17-/m1/s1. The number of amides is 1. The summed E-state index contributed by atoms with van der Waals surface area (Å²) < 4.78 is 0. The van der Waals surface area contributed by atoms with Gasteiger partial charge >= 0.3 is 0 Å². The van der Waals surface area contributed by atoms with Crippen LogP contribution in [0, 0.1) is 16.7 Å². The maximum absolute atomic E-state index is 12.3. The molecule has 1 amide bonds. The molecule has 1 N–H and O–H groups in total. The van der Waals surface area contributed by atoms with Crippen LogP contribution < -0.4 is 5.32 Å². The van der Waals surface area contributed by atoms with Gasteiger partial charge in [0.2, 0.25) is 0 Å². The molecule has 2 heteroatoms. The Kier molecular flexibility index (Phi) is 2.74. The summed E-state index contributed by atoms with van der Waals surface area (Å²) in [6, 6.07) is 9.88. The van der Waals surface area contributed by atoms with Crippen LogP contribution in [0.4, 0.5) is 0 Å². The smallest absolute Gasteiger partial charge is 0.251 e. The minimum atomic E-state index is 0.0789. The van der Waals surface area contributed by atoms with E-state index in [-0.39, 0.29) is 11.3 Å². The van der Waals surface area contributed by atoms with Crippen LogP contribution in [-0.2, 0) is 0 Å². The lowest BCUT2D eigenvalue weighted by Gasteiger charge is -2.39. The summed E-state index contributed by atoms with van der Waals surface area (Å²) >= 11 is 0. The lowest BCUT2D eigenvalue weighted by Crippen LogP contribution is -2.46. The van der Waals surface area contributed by atoms with Gasteiger partial charge in [0.05, 0.1) is 0 Å². The topological polar surface area (TPSA) is 29.1 Å². The minimum Gasteiger partial charge on any atom is -0.349 e. The minimum absolute atomic E-state index is 0.0789. The molecule has 19 heavy (non-hydrogen) atoms. The zero-order valence-corrected chi connectivity index (χ0v) is 12.1. The average molecular weight is 257 g/mol. The molecular formula is C17H23NO. The van der Waals surface area contributed by atoms with Gasteiger partial charge in [-0.05, 0) is 48.1 Å². The number of fused-ring (bicyclic) bond motifs is 2. The van der Waals surface area contributed by atoms with E-state index in [0.717, 1.165) is 17.9 Å². The Morgan fingerprint density at radius 3 is 2.42 bits per heavy atom. The Labute approximate surface area is 115 Å². The predicted molar refractivity (Wildman–Crippen MR) is 76.9 cm³/mol. The van der Waals surface area contributed by atoms with Crippen LogP contribution in [0.25, 0.3) is 0 Å². The first-order valence-corrected chi connectivity index (χ1v) is 7.31. The van der Waals surface area contributed by atoms with E-state index in [1.165, 1.54) is 12.8 Å². The molecule has 2 fully saturated rings. The number of carbonyl (C=O) groups is 1. The molecule has 0 heterocycles. The molecule has 2 bridgehead atoms. The van der Waals surface area contributed by atoms with E-state index in [2.05, 4.69) is 26.1 Å². The van der Waals surface area contributed by atoms with Crippen molar-refractivity contribution in [3.8, 4) is 0 Å². The third kappa shape index (κ3) is 1.73. The summed E-state index contributed by atoms with van der Waals surface area (Å²) in [6.45, 7) is 7.11. The van der Waals surface area contributed by atoms with Crippen molar-refractivity contribution in [2.24, 2.45) is 16.7 Å². The Balaban J connectivity index is 1.78. The number of rotatable bonds is 2. The van der Waals surface area contributed by atoms with Gasteiger partial charge in [-0.1, -0.05) is 39.0 Å². The normalized spacial score (nSPS) is 35.3. The van der Waals surface area contributed by atoms with Crippen LogP contribution in [0.15, 0.2) is 30.3 Å². The van der Waals surface area contributed by atoms with E-state index in [1.54, 1.807) is 0 Å². The highest BCUT2D eigenvalue weighted by atomic mass is 16.1. The van der Waals surface area contributed by atoms with Gasteiger partial charge < -0.3 is 5.32 Å². The van der Waals surface area contributed by atoms with Crippen molar-refractivity contribution in [2.75, 3.05) is 0 Å². The van der Waals surface area contributed by atoms with Crippen LogP contribution in [0.3, 0.4) is 0 Å². The second-order valence-corrected chi connectivity index (χ2v) is 7.00. The van der Waals surface area contributed by atoms with Gasteiger partial charge in [0, 0.05) is 11.6 Å². The number of benzene rings is 1. The SMILES string of the molecule is CC1(C)[C@@H]2CC[C@]1(C)[C@H](NC(=O)c1ccccc1)C2. The molecule has 0 aromatic heterocycles. The first kappa shape index (κ1) is 12.7. The lowest BCUT2D eigenvalue weighted by molar-refractivity contribution is 0.0826. The van der Waals surface area contributed by atoms with E-state index in [9.17, 15) is 4.79 Å². The van der Waals surface area contributed by atoms with E-state index in [0.29, 0.717) is 11.5 Å². The number of hydrogen-bond donors (Lipinski definition) is 1. The van der Waals surface area contributed by atoms with Crippen molar-refractivity contribution in [1.29, 1.82) is 0 Å². The zero-order valence-electron chi connectivity index (χ0n) is 12.1. The number of carbonyl (C=O) groups excluding carboxylic acids is 1. The summed E-state index contributed by atoms with van der Waals surface area (Å²) in [7, 11) is 0. The first-order chi connectivity index (χ1) is 8.95. The zero-order chi connectivity index (χ0) is 13.7. The summed E-state index contributed by atoms with van der Waals surface area (Å²) in [4.78, 5) is 12.3. The molecule has 2 aliphatic rings. The van der Waals surface area contributed by atoms with E-state index < -0.39 is 0 Å². The first-order valence-electron chi connectivity index (χ1n) is 7.31. The fourth-order valence-corrected chi connectivity index (χ4v) is 4.25. The average Bonchev–Trinajstić information content (AvgIpc) is 2.73. The van der Waals surface area contributed by atoms with Gasteiger partial charge in [0.1, 0.15) is 0 Å². The maximum atomic E-state index is 12.3. The molecule has 0 radical (unpaired) electrons. The van der Waals surface area contributed by atoms with Crippen LogP contribution in [0.2, 0.25) is 0 Å². The molecule has 0 unspecified atom stereocenters. The molecule has 2 aliphatic carbocycles. The highest BCUT2D eigenvalue weighted by Crippen LogP contribution is 2.65. The Morgan fingerprint density at radius 1 is 1.21 bits per heavy atom. The number of nitrogens with one attached hydrogen (secondary N) is 1. The van der Waals surface area contributed by atoms with Crippen molar-refractivity contribution >= 4 is 5.91 Å². The van der Waals surface area contributed by atoms with Crippen molar-refractivity contribution in [3.05, 3.63) is 35.9 Å². The quantitative estimate of drug-likeness (QED) is 0.861. The monoisotopic (exact) mass is 257 g/mol. The summed E-state index contributed by atoms with van der Waals surface area (Å²) in [5.74, 6) is 0.841. The Bertz CT molecular complexity index is 493. The van der Waals surface area contributed by atoms with Gasteiger partial charge in [0.15, 0.2) is 0 Å². The molecule has 1 aromatic carbocycles. The third-order valence-corrected chi connectivity index (χ3v) is 6.14. The molecule has 3 atom stereocenters. The summed E-state index contributed by atoms with van der Waals surface area (Å²) in [5.41, 5.74) is 1.37. The van der Waals surface area contributed by atoms with Gasteiger partial charge in [-0.2, -0.15) is 0 Å². The Hall–Kier alpha value is -1.31. The maximum Gasteiger partial charge on any atom is 0.251 e. The fraction of sp³-hybridized carbons (Fsp3) is 0.588. The van der Waals surface area contributed by atoms with Crippen LogP contribution in [-0.4, -0.2) is 11.9 Å². The van der Waals surface area contributed by atoms with E-state index in [1.807, 2.05) is 30.3 Å². The van der Waals surface area contributed by atoms with Gasteiger partial charge in [0.25, 0.3) is 5.91 Å². The fourth-order valence-electron chi connectivity index (χ4n) is 4.25. The molecule has 102 valence electrons. The van der Waals surface area contributed by atoms with Crippen LogP contribution in [0.5, 0.6) is 0 Å².